The molecule has 5 nitrogen and oxygen atoms in total. The number of ether oxygens (including phenoxy) is 1. The lowest BCUT2D eigenvalue weighted by Crippen LogP contribution is -2.51. The van der Waals surface area contributed by atoms with Gasteiger partial charge in [0.15, 0.2) is 0 Å². The van der Waals surface area contributed by atoms with E-state index in [1.54, 1.807) is 4.90 Å². The molecule has 1 aromatic carbocycles. The van der Waals surface area contributed by atoms with Crippen LogP contribution in [0.5, 0.6) is 5.75 Å². The molecule has 5 heteroatoms. The van der Waals surface area contributed by atoms with Gasteiger partial charge in [-0.3, -0.25) is 4.90 Å². The van der Waals surface area contributed by atoms with E-state index in [-0.39, 0.29) is 30.7 Å². The average Bonchev–Trinajstić information content (AvgIpc) is 2.93. The first-order valence-corrected chi connectivity index (χ1v) is 7.63. The largest absolute Gasteiger partial charge is 0.487 e. The van der Waals surface area contributed by atoms with Crippen molar-refractivity contribution in [3.8, 4) is 5.75 Å². The highest BCUT2D eigenvalue weighted by Gasteiger charge is 2.32. The zero-order valence-corrected chi connectivity index (χ0v) is 12.3. The second-order valence-corrected chi connectivity index (χ2v) is 5.94. The number of fused-ring (bicyclic) bond motifs is 1. The molecule has 114 valence electrons. The van der Waals surface area contributed by atoms with E-state index in [4.69, 9.17) is 4.74 Å². The Kier molecular flexibility index (Phi) is 4.01. The van der Waals surface area contributed by atoms with Crippen molar-refractivity contribution in [3.63, 3.8) is 0 Å². The van der Waals surface area contributed by atoms with Crippen LogP contribution < -0.4 is 15.0 Å². The smallest absolute Gasteiger partial charge is 0.322 e. The number of hydrogen-bond donors (Lipinski definition) is 2. The number of carbonyl (C=O) groups excluding carboxylic acids is 1. The number of aliphatic hydroxyl groups excluding tert-OH is 1. The number of nitrogens with zero attached hydrogens (tertiary/aromatic N) is 1. The van der Waals surface area contributed by atoms with E-state index in [2.05, 4.69) is 5.32 Å². The van der Waals surface area contributed by atoms with Crippen LogP contribution in [-0.4, -0.2) is 36.4 Å². The van der Waals surface area contributed by atoms with Crippen LogP contribution in [-0.2, 0) is 0 Å². The summed E-state index contributed by atoms with van der Waals surface area (Å²) >= 11 is 0. The topological polar surface area (TPSA) is 61.8 Å². The maximum Gasteiger partial charge on any atom is 0.322 e. The molecule has 21 heavy (non-hydrogen) atoms. The number of aliphatic hydroxyl groups is 1. The van der Waals surface area contributed by atoms with Gasteiger partial charge in [0.05, 0.1) is 12.2 Å². The molecule has 3 atom stereocenters. The number of nitrogens with one attached hydrogen (secondary N) is 1. The highest BCUT2D eigenvalue weighted by molar-refractivity contribution is 5.94. The summed E-state index contributed by atoms with van der Waals surface area (Å²) in [6.45, 7) is 2.64. The lowest BCUT2D eigenvalue weighted by atomic mass is 10.1. The van der Waals surface area contributed by atoms with Crippen molar-refractivity contribution in [3.05, 3.63) is 24.3 Å². The molecule has 1 fully saturated rings. The highest BCUT2D eigenvalue weighted by Crippen LogP contribution is 2.33. The minimum atomic E-state index is -0.0945. The van der Waals surface area contributed by atoms with Crippen molar-refractivity contribution in [2.75, 3.05) is 18.1 Å². The Balaban J connectivity index is 1.75. The molecule has 0 saturated heterocycles. The normalized spacial score (nSPS) is 27.9. The van der Waals surface area contributed by atoms with Gasteiger partial charge in [-0.05, 0) is 31.9 Å². The second-order valence-electron chi connectivity index (χ2n) is 5.94. The Morgan fingerprint density at radius 3 is 3.05 bits per heavy atom. The second kappa shape index (κ2) is 5.93. The molecule has 2 N–H and O–H groups in total. The Morgan fingerprint density at radius 2 is 2.24 bits per heavy atom. The van der Waals surface area contributed by atoms with Gasteiger partial charge in [0.2, 0.25) is 0 Å². The fourth-order valence-electron chi connectivity index (χ4n) is 3.26. The third-order valence-corrected chi connectivity index (χ3v) is 4.37. The molecule has 1 aromatic rings. The summed E-state index contributed by atoms with van der Waals surface area (Å²) < 4.78 is 5.76. The van der Waals surface area contributed by atoms with Gasteiger partial charge in [-0.1, -0.05) is 18.6 Å². The maximum atomic E-state index is 12.6. The summed E-state index contributed by atoms with van der Waals surface area (Å²) in [5.74, 6) is 0.930. The van der Waals surface area contributed by atoms with E-state index in [1.807, 2.05) is 31.2 Å². The lowest BCUT2D eigenvalue weighted by molar-refractivity contribution is 0.192. The van der Waals surface area contributed by atoms with Crippen LogP contribution in [0.25, 0.3) is 0 Å². The minimum absolute atomic E-state index is 0.0251. The molecular weight excluding hydrogens is 268 g/mol. The van der Waals surface area contributed by atoms with Gasteiger partial charge in [-0.2, -0.15) is 0 Å². The predicted octanol–water partition coefficient (Wildman–Crippen LogP) is 2.14. The quantitative estimate of drug-likeness (QED) is 0.877. The Morgan fingerprint density at radius 1 is 1.43 bits per heavy atom. The third-order valence-electron chi connectivity index (χ3n) is 4.37. The molecule has 3 rings (SSSR count). The molecular formula is C16H22N2O3. The molecule has 1 saturated carbocycles. The highest BCUT2D eigenvalue weighted by atomic mass is 16.5. The third kappa shape index (κ3) is 2.83. The molecule has 2 amide bonds. The van der Waals surface area contributed by atoms with E-state index >= 15 is 0 Å². The van der Waals surface area contributed by atoms with E-state index in [0.717, 1.165) is 30.7 Å². The van der Waals surface area contributed by atoms with Crippen molar-refractivity contribution in [1.29, 1.82) is 0 Å². The van der Waals surface area contributed by atoms with Crippen LogP contribution in [0.15, 0.2) is 24.3 Å². The average molecular weight is 290 g/mol. The maximum absolute atomic E-state index is 12.6. The minimum Gasteiger partial charge on any atom is -0.487 e. The van der Waals surface area contributed by atoms with Gasteiger partial charge < -0.3 is 15.2 Å². The SMILES string of the molecule is C[C@@H]1CN(C(=O)N[C@H]2CCC[C@H]2CO)c2ccccc2O1. The van der Waals surface area contributed by atoms with Crippen LogP contribution in [0.2, 0.25) is 0 Å². The Labute approximate surface area is 124 Å². The van der Waals surface area contributed by atoms with E-state index in [9.17, 15) is 9.90 Å². The van der Waals surface area contributed by atoms with Gasteiger partial charge in [0, 0.05) is 18.6 Å². The van der Waals surface area contributed by atoms with E-state index < -0.39 is 0 Å². The molecule has 0 radical (unpaired) electrons. The molecule has 1 aliphatic carbocycles. The van der Waals surface area contributed by atoms with Gasteiger partial charge in [0.1, 0.15) is 11.9 Å². The first-order chi connectivity index (χ1) is 10.2. The Bertz CT molecular complexity index is 520. The summed E-state index contributed by atoms with van der Waals surface area (Å²) in [5, 5.41) is 12.5. The first-order valence-electron chi connectivity index (χ1n) is 7.63. The number of rotatable bonds is 2. The van der Waals surface area contributed by atoms with Gasteiger partial charge in [-0.25, -0.2) is 4.79 Å². The molecule has 0 aromatic heterocycles. The van der Waals surface area contributed by atoms with Crippen molar-refractivity contribution < 1.29 is 14.6 Å². The van der Waals surface area contributed by atoms with Crippen molar-refractivity contribution in [2.24, 2.45) is 5.92 Å². The number of benzene rings is 1. The van der Waals surface area contributed by atoms with Crippen LogP contribution in [0.3, 0.4) is 0 Å². The summed E-state index contributed by atoms with van der Waals surface area (Å²) in [6, 6.07) is 7.59. The molecule has 2 aliphatic rings. The van der Waals surface area contributed by atoms with Gasteiger partial charge in [-0.15, -0.1) is 0 Å². The van der Waals surface area contributed by atoms with Crippen molar-refractivity contribution in [2.45, 2.75) is 38.3 Å². The number of carbonyl (C=O) groups is 1. The van der Waals surface area contributed by atoms with Gasteiger partial charge in [0.25, 0.3) is 0 Å². The summed E-state index contributed by atoms with van der Waals surface area (Å²) in [7, 11) is 0. The number of urea groups is 1. The number of anilines is 1. The van der Waals surface area contributed by atoms with Crippen LogP contribution in [0.4, 0.5) is 10.5 Å². The van der Waals surface area contributed by atoms with Crippen molar-refractivity contribution >= 4 is 11.7 Å². The van der Waals surface area contributed by atoms with E-state index in [0.29, 0.717) is 6.54 Å². The lowest BCUT2D eigenvalue weighted by Gasteiger charge is -2.34. The molecule has 0 spiro atoms. The number of para-hydroxylation sites is 2. The zero-order chi connectivity index (χ0) is 14.8. The fourth-order valence-corrected chi connectivity index (χ4v) is 3.26. The number of hydrogen-bond acceptors (Lipinski definition) is 3. The Hall–Kier alpha value is -1.75. The standard InChI is InChI=1S/C16H22N2O3/c1-11-9-18(14-7-2-3-8-15(14)21-11)16(20)17-13-6-4-5-12(13)10-19/h2-3,7-8,11-13,19H,4-6,9-10H2,1H3,(H,17,20)/t11-,12+,13+/m1/s1. The fraction of sp³-hybridized carbons (Fsp3) is 0.562. The number of amides is 2. The summed E-state index contributed by atoms with van der Waals surface area (Å²) in [5.41, 5.74) is 0.812. The predicted molar refractivity (Wildman–Crippen MR) is 80.6 cm³/mol. The summed E-state index contributed by atoms with van der Waals surface area (Å²) in [4.78, 5) is 14.3. The first kappa shape index (κ1) is 14.2. The van der Waals surface area contributed by atoms with Crippen LogP contribution >= 0.6 is 0 Å². The van der Waals surface area contributed by atoms with Crippen LogP contribution in [0.1, 0.15) is 26.2 Å². The van der Waals surface area contributed by atoms with Gasteiger partial charge >= 0.3 is 6.03 Å². The monoisotopic (exact) mass is 290 g/mol. The van der Waals surface area contributed by atoms with E-state index in [1.165, 1.54) is 0 Å². The van der Waals surface area contributed by atoms with Crippen molar-refractivity contribution in [1.82, 2.24) is 5.32 Å². The zero-order valence-electron chi connectivity index (χ0n) is 12.3. The van der Waals surface area contributed by atoms with Crippen LogP contribution in [0, 0.1) is 5.92 Å². The molecule has 1 aliphatic heterocycles. The summed E-state index contributed by atoms with van der Waals surface area (Å²) in [6.07, 6.45) is 2.96. The molecule has 1 heterocycles. The molecule has 0 unspecified atom stereocenters. The molecule has 0 bridgehead atoms.